The van der Waals surface area contributed by atoms with E-state index in [4.69, 9.17) is 18.9 Å². The van der Waals surface area contributed by atoms with E-state index in [1.165, 1.54) is 20.8 Å². The van der Waals surface area contributed by atoms with Gasteiger partial charge in [0.1, 0.15) is 70.7 Å². The van der Waals surface area contributed by atoms with E-state index < -0.39 is 211 Å². The molecule has 25 nitrogen and oxygen atoms in total. The van der Waals surface area contributed by atoms with Gasteiger partial charge in [0.25, 0.3) is 0 Å². The second-order valence-corrected chi connectivity index (χ2v) is 31.6. The van der Waals surface area contributed by atoms with Gasteiger partial charge in [-0.15, -0.1) is 0 Å². The molecule has 31 heteroatoms. The minimum Gasteiger partial charge on any atom is -0.459 e. The first-order valence-corrected chi connectivity index (χ1v) is 32.4. The van der Waals surface area contributed by atoms with E-state index >= 15 is 0 Å². The molecule has 0 aromatic rings. The van der Waals surface area contributed by atoms with Gasteiger partial charge in [0, 0.05) is 349 Å². The first-order valence-electron chi connectivity index (χ1n) is 32.4. The normalized spacial score (nSPS) is 45.2. The SMILES string of the molecule is C.CC(=O)O[C@H]1C2C(=O)[C@@H](O)CC(C)[C@@]2(C)C(=O)[C@H](O)C2=C(C)[C@@H](O)C[C@]1(O)C2(C)C.CC(=O)O[C@H]1C2[C@](C)(C(=O)[C@H](O)C3=C(C)[C@@H](O)C[C@]1(O)C3(C)C)C(C)C[C@H](O)[C@@]2(O)CO.CC(=O)O[C@H]1C2[C@]3(O)CO[C@@H]3C[C@H](C)[C@@]2(C)C(=O)[C@H](O)C2=C(C)[C@@H](O)C[C@]1(O)C2(C)C.[Ac].[Ac].[Ac].[Ac].[Ac].[Ac]. The zero-order valence-electron chi connectivity index (χ0n) is 60.3. The monoisotopic (exact) mass is 2700 g/mol. The minimum absolute atomic E-state index is 0. The van der Waals surface area contributed by atoms with E-state index in [0.29, 0.717) is 23.1 Å². The number of rotatable bonds is 4. The van der Waals surface area contributed by atoms with Crippen molar-refractivity contribution in [2.24, 2.45) is 68.0 Å². The van der Waals surface area contributed by atoms with Crippen molar-refractivity contribution in [1.82, 2.24) is 0 Å². The van der Waals surface area contributed by atoms with Gasteiger partial charge < -0.3 is 90.4 Å². The Morgan fingerprint density at radius 1 is 0.460 bits per heavy atom. The van der Waals surface area contributed by atoms with Crippen molar-refractivity contribution in [3.63, 3.8) is 0 Å². The quantitative estimate of drug-likeness (QED) is 0.105. The zero-order valence-corrected chi connectivity index (χ0v) is 88.7. The number of esters is 3. The van der Waals surface area contributed by atoms with Crippen LogP contribution in [0.15, 0.2) is 33.4 Å². The van der Waals surface area contributed by atoms with E-state index in [0.717, 1.165) is 13.8 Å². The molecule has 0 aromatic carbocycles. The molecule has 0 amide bonds. The molecule has 6 saturated carbocycles. The Hall–Kier alpha value is 4.36. The van der Waals surface area contributed by atoms with Crippen molar-refractivity contribution in [3.05, 3.63) is 33.4 Å². The summed E-state index contributed by atoms with van der Waals surface area (Å²) in [4.78, 5) is 91.2. The molecule has 100 heavy (non-hydrogen) atoms. The van der Waals surface area contributed by atoms with E-state index in [-0.39, 0.29) is 333 Å². The number of hydrogen-bond acceptors (Lipinski definition) is 25. The average molecular weight is 2700 g/mol. The van der Waals surface area contributed by atoms with Gasteiger partial charge in [-0.25, -0.2) is 0 Å². The molecule has 0 aromatic heterocycles. The number of Topliss-reactive ketones (excluding diaryl/α,β-unsaturated/α-hetero) is 4. The van der Waals surface area contributed by atoms with Crippen LogP contribution in [-0.2, 0) is 52.5 Å². The largest absolute Gasteiger partial charge is 0.459 e. The topological polar surface area (TPSA) is 440 Å². The van der Waals surface area contributed by atoms with Gasteiger partial charge in [0.2, 0.25) is 0 Å². The summed E-state index contributed by atoms with van der Waals surface area (Å²) in [7, 11) is 0. The van der Waals surface area contributed by atoms with Gasteiger partial charge >= 0.3 is 17.9 Å². The fourth-order valence-electron chi connectivity index (χ4n) is 19.7. The van der Waals surface area contributed by atoms with E-state index in [9.17, 15) is 105 Å². The minimum atomic E-state index is -2.32. The van der Waals surface area contributed by atoms with Crippen LogP contribution in [0.2, 0.25) is 0 Å². The van der Waals surface area contributed by atoms with Gasteiger partial charge in [0.15, 0.2) is 23.1 Å². The molecule has 9 aliphatic carbocycles. The predicted octanol–water partition coefficient (Wildman–Crippen LogP) is 0.868. The Balaban J connectivity index is 0.000000725. The van der Waals surface area contributed by atoms with Crippen LogP contribution in [0.5, 0.6) is 0 Å². The summed E-state index contributed by atoms with van der Waals surface area (Å²) in [5.41, 5.74) is -16.2. The summed E-state index contributed by atoms with van der Waals surface area (Å²) >= 11 is 0. The van der Waals surface area contributed by atoms with Crippen LogP contribution in [0, 0.1) is 332 Å². The van der Waals surface area contributed by atoms with E-state index in [1.54, 1.807) is 83.1 Å². The maximum atomic E-state index is 13.9. The summed E-state index contributed by atoms with van der Waals surface area (Å²) in [5, 5.41) is 157. The number of aliphatic hydroxyl groups is 14. The molecule has 14 N–H and O–H groups in total. The molecule has 26 atom stereocenters. The fourth-order valence-corrected chi connectivity index (χ4v) is 19.7. The van der Waals surface area contributed by atoms with Crippen LogP contribution < -0.4 is 0 Å². The summed E-state index contributed by atoms with van der Waals surface area (Å²) < 4.78 is 22.5. The Kier molecular flexibility index (Phi) is 36.1. The smallest absolute Gasteiger partial charge is 0.303 e. The maximum Gasteiger partial charge on any atom is 0.303 e. The summed E-state index contributed by atoms with van der Waals surface area (Å²) in [5.74, 6) is -10.1. The third kappa shape index (κ3) is 15.4. The summed E-state index contributed by atoms with van der Waals surface area (Å²) in [6.45, 7) is 26.9. The molecular weight excluding hydrogens is 2590 g/mol. The van der Waals surface area contributed by atoms with Gasteiger partial charge in [-0.05, 0) is 91.2 Å². The Morgan fingerprint density at radius 3 is 1.09 bits per heavy atom. The van der Waals surface area contributed by atoms with E-state index in [1.807, 2.05) is 6.92 Å². The Labute approximate surface area is 801 Å². The van der Waals surface area contributed by atoms with Crippen molar-refractivity contribution in [2.45, 2.75) is 272 Å². The summed E-state index contributed by atoms with van der Waals surface area (Å²) in [6, 6.07) is 0. The number of hydrogen-bond donors (Lipinski definition) is 14. The number of fused-ring (bicyclic) bond motifs is 11. The van der Waals surface area contributed by atoms with Crippen LogP contribution in [0.4, 0.5) is 0 Å². The second-order valence-electron chi connectivity index (χ2n) is 31.6. The Bertz CT molecular complexity index is 3230. The standard InChI is InChI=1S/C23H36O9.C23H34O8.C22H32O8.CH4.6Ac/c1-10-7-14(27)22(30,9-24)17-19(32-12(3)25)23(31)8-13(26)11(2)15(20(23,4)5)16(28)18(29)21(10,17)6;1-10-7-14-22(28,9-30-14)17-19(31-12(3)24)23(29)8-13(25)11(2)15(20(23,4)5)16(26)18(27)21(10,17)6;1-9-7-12(24)16(26)15-19(30-11(3)23)22(29)8-13(25)10(2)14(20(22,4)5)17(27)18(28)21(9,15)6;;;;;;;/h10,13-14,16-17,19,24,26-28,30-31H,7-9H2,1-6H3;10,13-14,16-17,19,25-26,28-29H,7-9H2,1-6H3;9,12-13,15,17,19,24-25,27,29H,7-8H2,1-6H3;1H4;;;;;;/t10?,13-,14-,16+,17?,19-,21+,22-,23+;10-,13-,14+,16+,17?,19-,21+,22-,23+;9?,12-,13-,15?,17+,19-,21+,22+;;;;;;;/m000......./s1. The Morgan fingerprint density at radius 2 is 0.760 bits per heavy atom. The average Bonchev–Trinajstić information content (AvgIpc) is 0.692. The third-order valence-electron chi connectivity index (χ3n) is 26.3. The van der Waals surface area contributed by atoms with Crippen LogP contribution in [0.3, 0.4) is 0 Å². The molecule has 1 saturated heterocycles. The molecule has 10 aliphatic rings. The van der Waals surface area contributed by atoms with Crippen molar-refractivity contribution in [2.75, 3.05) is 13.2 Å². The number of aliphatic hydroxyl groups excluding tert-OH is 9. The first kappa shape index (κ1) is 102. The molecule has 1 aliphatic heterocycles. The van der Waals surface area contributed by atoms with Crippen molar-refractivity contribution in [1.29, 1.82) is 0 Å². The zero-order chi connectivity index (χ0) is 70.9. The molecule has 6 radical (unpaired) electrons. The van der Waals surface area contributed by atoms with Gasteiger partial charge in [-0.3, -0.25) is 33.6 Å². The van der Waals surface area contributed by atoms with Crippen LogP contribution in [-0.4, -0.2) is 227 Å². The molecular formula is C69H106Ac6O25. The molecule has 5 unspecified atom stereocenters. The molecule has 6 bridgehead atoms. The number of ether oxygens (including phenoxy) is 4. The van der Waals surface area contributed by atoms with Gasteiger partial charge in [-0.1, -0.05) is 90.5 Å². The summed E-state index contributed by atoms with van der Waals surface area (Å²) in [6.07, 6.45) is -16.7. The van der Waals surface area contributed by atoms with Crippen LogP contribution in [0.1, 0.15) is 171 Å². The first-order chi connectivity index (χ1) is 42.3. The van der Waals surface area contributed by atoms with Gasteiger partial charge in [0.05, 0.1) is 49.7 Å². The molecule has 1 heterocycles. The van der Waals surface area contributed by atoms with Crippen molar-refractivity contribution in [3.8, 4) is 0 Å². The van der Waals surface area contributed by atoms with Crippen molar-refractivity contribution < 1.29 is 388 Å². The molecule has 7 fully saturated rings. The van der Waals surface area contributed by atoms with Gasteiger partial charge in [-0.2, -0.15) is 0 Å². The molecule has 0 spiro atoms. The molecule has 10 rings (SSSR count). The van der Waals surface area contributed by atoms with E-state index in [2.05, 4.69) is 0 Å². The second kappa shape index (κ2) is 35.2. The number of ketones is 4. The maximum absolute atomic E-state index is 13.9. The number of carbonyl (C=O) groups excluding carboxylic acids is 7. The number of carbonyl (C=O) groups is 7. The van der Waals surface area contributed by atoms with Crippen LogP contribution >= 0.6 is 0 Å². The third-order valence-corrected chi connectivity index (χ3v) is 26.3. The fraction of sp³-hybridized carbons (Fsp3) is 0.812. The predicted molar refractivity (Wildman–Crippen MR) is 332 cm³/mol. The molecule has 550 valence electrons. The van der Waals surface area contributed by atoms with Crippen molar-refractivity contribution >= 4 is 41.0 Å². The van der Waals surface area contributed by atoms with Crippen LogP contribution in [0.25, 0.3) is 0 Å².